The van der Waals surface area contributed by atoms with E-state index in [1.54, 1.807) is 0 Å². The summed E-state index contributed by atoms with van der Waals surface area (Å²) in [4.78, 5) is 14.2. The van der Waals surface area contributed by atoms with Gasteiger partial charge in [0.05, 0.1) is 19.2 Å². The predicted octanol–water partition coefficient (Wildman–Crippen LogP) is 4.09. The van der Waals surface area contributed by atoms with Crippen molar-refractivity contribution in [3.8, 4) is 17.4 Å². The minimum absolute atomic E-state index is 0.115. The van der Waals surface area contributed by atoms with Crippen molar-refractivity contribution in [1.82, 2.24) is 10.2 Å². The molecule has 5 nitrogen and oxygen atoms in total. The topological polar surface area (TPSA) is 69.3 Å². The summed E-state index contributed by atoms with van der Waals surface area (Å²) in [7, 11) is 1.87. The lowest BCUT2D eigenvalue weighted by molar-refractivity contribution is -0.123. The number of nitrogens with one attached hydrogen (secondary N) is 1. The molecule has 26 heavy (non-hydrogen) atoms. The molecule has 0 spiro atoms. The Labute approximate surface area is 162 Å². The van der Waals surface area contributed by atoms with E-state index in [0.29, 0.717) is 6.54 Å². The summed E-state index contributed by atoms with van der Waals surface area (Å²) in [6.45, 7) is 0.765. The maximum Gasteiger partial charge on any atom is 0.235 e. The van der Waals surface area contributed by atoms with Crippen LogP contribution in [0.4, 0.5) is 0 Å². The van der Waals surface area contributed by atoms with Crippen LogP contribution in [0.5, 0.6) is 0 Å². The van der Waals surface area contributed by atoms with E-state index in [-0.39, 0.29) is 12.5 Å². The molecule has 0 unspecified atom stereocenters. The summed E-state index contributed by atoms with van der Waals surface area (Å²) in [5.74, 6) is 1.49. The van der Waals surface area contributed by atoms with Crippen molar-refractivity contribution in [1.29, 1.82) is 5.26 Å². The van der Waals surface area contributed by atoms with E-state index >= 15 is 0 Å². The highest BCUT2D eigenvalue weighted by Gasteiger charge is 2.35. The minimum atomic E-state index is -0.669. The summed E-state index contributed by atoms with van der Waals surface area (Å²) < 4.78 is 6.92. The Hall–Kier alpha value is -2.10. The van der Waals surface area contributed by atoms with Crippen molar-refractivity contribution in [2.24, 2.45) is 0 Å². The molecule has 1 heterocycles. The number of rotatable bonds is 6. The van der Waals surface area contributed by atoms with Gasteiger partial charge in [0.2, 0.25) is 5.91 Å². The Morgan fingerprint density at radius 1 is 1.27 bits per heavy atom. The molecule has 2 aromatic rings. The predicted molar refractivity (Wildman–Crippen MR) is 103 cm³/mol. The molecular weight excluding hydrogens is 394 g/mol. The second kappa shape index (κ2) is 8.07. The molecule has 1 N–H and O–H groups in total. The number of nitriles is 1. The molecule has 6 heteroatoms. The largest absolute Gasteiger partial charge is 0.460 e. The van der Waals surface area contributed by atoms with E-state index in [1.165, 1.54) is 0 Å². The molecule has 0 bridgehead atoms. The highest BCUT2D eigenvalue weighted by molar-refractivity contribution is 9.10. The molecule has 1 aliphatic carbocycles. The first-order valence-corrected chi connectivity index (χ1v) is 9.54. The molecule has 0 radical (unpaired) electrons. The Morgan fingerprint density at radius 2 is 1.96 bits per heavy atom. The molecule has 1 amide bonds. The molecule has 1 saturated carbocycles. The van der Waals surface area contributed by atoms with Crippen molar-refractivity contribution in [3.05, 3.63) is 46.6 Å². The third kappa shape index (κ3) is 4.54. The number of benzene rings is 1. The monoisotopic (exact) mass is 415 g/mol. The Kier molecular flexibility index (Phi) is 5.80. The van der Waals surface area contributed by atoms with Gasteiger partial charge in [-0.25, -0.2) is 0 Å². The van der Waals surface area contributed by atoms with Gasteiger partial charge < -0.3 is 9.73 Å². The lowest BCUT2D eigenvalue weighted by atomic mass is 10.00. The van der Waals surface area contributed by atoms with Crippen LogP contribution in [-0.4, -0.2) is 29.9 Å². The maximum absolute atomic E-state index is 12.3. The summed E-state index contributed by atoms with van der Waals surface area (Å²) in [6.07, 6.45) is 3.48. The molecular formula is C20H22BrN3O2. The summed E-state index contributed by atoms with van der Waals surface area (Å²) in [6, 6.07) is 14.1. The number of carbonyl (C=O) groups excluding carboxylic acids is 1. The summed E-state index contributed by atoms with van der Waals surface area (Å²) in [5, 5.41) is 12.3. The molecule has 1 aromatic carbocycles. The molecule has 0 aliphatic heterocycles. The van der Waals surface area contributed by atoms with E-state index < -0.39 is 5.54 Å². The zero-order valence-electron chi connectivity index (χ0n) is 14.8. The van der Waals surface area contributed by atoms with Gasteiger partial charge in [-0.2, -0.15) is 5.26 Å². The van der Waals surface area contributed by atoms with E-state index in [2.05, 4.69) is 27.3 Å². The number of furan rings is 1. The Balaban J connectivity index is 1.55. The van der Waals surface area contributed by atoms with Gasteiger partial charge in [-0.1, -0.05) is 28.1 Å². The minimum Gasteiger partial charge on any atom is -0.460 e. The van der Waals surface area contributed by atoms with Gasteiger partial charge in [-0.3, -0.25) is 9.69 Å². The van der Waals surface area contributed by atoms with Crippen LogP contribution in [-0.2, 0) is 11.3 Å². The standard InChI is InChI=1S/C20H22BrN3O2/c1-24(13-19(25)23-20(14-22)10-2-3-11-20)12-17-8-9-18(26-17)15-4-6-16(21)7-5-15/h4-9H,2-3,10-13H2,1H3,(H,23,25). The lowest BCUT2D eigenvalue weighted by Crippen LogP contribution is -2.48. The molecule has 3 rings (SSSR count). The van der Waals surface area contributed by atoms with Crippen molar-refractivity contribution < 1.29 is 9.21 Å². The van der Waals surface area contributed by atoms with Gasteiger partial charge >= 0.3 is 0 Å². The van der Waals surface area contributed by atoms with Crippen LogP contribution in [0.2, 0.25) is 0 Å². The van der Waals surface area contributed by atoms with Crippen molar-refractivity contribution in [2.45, 2.75) is 37.8 Å². The second-order valence-corrected chi connectivity index (χ2v) is 7.81. The van der Waals surface area contributed by atoms with Crippen LogP contribution >= 0.6 is 15.9 Å². The Morgan fingerprint density at radius 3 is 2.62 bits per heavy atom. The average molecular weight is 416 g/mol. The molecule has 0 atom stereocenters. The van der Waals surface area contributed by atoms with Crippen LogP contribution < -0.4 is 5.32 Å². The number of amides is 1. The van der Waals surface area contributed by atoms with Crippen LogP contribution in [0, 0.1) is 11.3 Å². The summed E-state index contributed by atoms with van der Waals surface area (Å²) >= 11 is 3.42. The van der Waals surface area contributed by atoms with Gasteiger partial charge in [0.1, 0.15) is 17.1 Å². The first-order chi connectivity index (χ1) is 12.5. The number of halogens is 1. The highest BCUT2D eigenvalue weighted by atomic mass is 79.9. The van der Waals surface area contributed by atoms with Crippen molar-refractivity contribution in [2.75, 3.05) is 13.6 Å². The van der Waals surface area contributed by atoms with Gasteiger partial charge in [0.25, 0.3) is 0 Å². The molecule has 1 fully saturated rings. The van der Waals surface area contributed by atoms with Crippen molar-refractivity contribution >= 4 is 21.8 Å². The zero-order valence-corrected chi connectivity index (χ0v) is 16.4. The fourth-order valence-electron chi connectivity index (χ4n) is 3.35. The first kappa shape index (κ1) is 18.7. The first-order valence-electron chi connectivity index (χ1n) is 8.75. The van der Waals surface area contributed by atoms with Gasteiger partial charge in [0.15, 0.2) is 0 Å². The number of likely N-dealkylation sites (N-methyl/N-ethyl adjacent to an activating group) is 1. The van der Waals surface area contributed by atoms with E-state index in [9.17, 15) is 10.1 Å². The van der Waals surface area contributed by atoms with Crippen LogP contribution in [0.15, 0.2) is 45.3 Å². The molecule has 136 valence electrons. The smallest absolute Gasteiger partial charge is 0.235 e. The zero-order chi connectivity index (χ0) is 18.6. The van der Waals surface area contributed by atoms with Crippen molar-refractivity contribution in [3.63, 3.8) is 0 Å². The SMILES string of the molecule is CN(CC(=O)NC1(C#N)CCCC1)Cc1ccc(-c2ccc(Br)cc2)o1. The normalized spacial score (nSPS) is 15.8. The van der Waals surface area contributed by atoms with Gasteiger partial charge in [0, 0.05) is 10.0 Å². The molecule has 1 aliphatic rings. The third-order valence-electron chi connectivity index (χ3n) is 4.68. The van der Waals surface area contributed by atoms with Gasteiger partial charge in [-0.05, 0) is 57.0 Å². The van der Waals surface area contributed by atoms with E-state index in [1.807, 2.05) is 48.3 Å². The van der Waals surface area contributed by atoms with Crippen LogP contribution in [0.3, 0.4) is 0 Å². The number of nitrogens with zero attached hydrogens (tertiary/aromatic N) is 2. The quantitative estimate of drug-likeness (QED) is 0.770. The summed E-state index contributed by atoms with van der Waals surface area (Å²) in [5.41, 5.74) is 0.342. The number of carbonyl (C=O) groups is 1. The van der Waals surface area contributed by atoms with E-state index in [0.717, 1.165) is 47.2 Å². The number of hydrogen-bond acceptors (Lipinski definition) is 4. The maximum atomic E-state index is 12.3. The lowest BCUT2D eigenvalue weighted by Gasteiger charge is -2.23. The van der Waals surface area contributed by atoms with Crippen LogP contribution in [0.25, 0.3) is 11.3 Å². The Bertz CT molecular complexity index is 801. The van der Waals surface area contributed by atoms with Gasteiger partial charge in [-0.15, -0.1) is 0 Å². The second-order valence-electron chi connectivity index (χ2n) is 6.89. The highest BCUT2D eigenvalue weighted by Crippen LogP contribution is 2.29. The third-order valence-corrected chi connectivity index (χ3v) is 5.21. The number of hydrogen-bond donors (Lipinski definition) is 1. The van der Waals surface area contributed by atoms with E-state index in [4.69, 9.17) is 4.42 Å². The average Bonchev–Trinajstić information content (AvgIpc) is 3.25. The van der Waals surface area contributed by atoms with Crippen LogP contribution in [0.1, 0.15) is 31.4 Å². The fraction of sp³-hybridized carbons (Fsp3) is 0.400. The fourth-order valence-corrected chi connectivity index (χ4v) is 3.61. The molecule has 0 saturated heterocycles. The molecule has 1 aromatic heterocycles.